The van der Waals surface area contributed by atoms with Crippen LogP contribution in [0.25, 0.3) is 22.7 Å². The van der Waals surface area contributed by atoms with Crippen LogP contribution in [0.4, 0.5) is 0 Å². The highest BCUT2D eigenvalue weighted by molar-refractivity contribution is 8.12. The van der Waals surface area contributed by atoms with Crippen LogP contribution < -0.4 is 38.3 Å². The highest BCUT2D eigenvalue weighted by Crippen LogP contribution is 2.43. The van der Waals surface area contributed by atoms with Crippen LogP contribution in [0.1, 0.15) is 133 Å². The van der Waals surface area contributed by atoms with Crippen LogP contribution in [0, 0.1) is 26.7 Å². The second-order valence-corrected chi connectivity index (χ2v) is 35.5. The van der Waals surface area contributed by atoms with Crippen LogP contribution in [0.3, 0.4) is 0 Å². The molecule has 0 spiro atoms. The van der Waals surface area contributed by atoms with Crippen molar-refractivity contribution in [2.24, 2.45) is 10.3 Å². The molecule has 4 amide bonds. The number of carboxylic acids is 2. The summed E-state index contributed by atoms with van der Waals surface area (Å²) < 4.78 is 116. The van der Waals surface area contributed by atoms with Gasteiger partial charge >= 0.3 is 9.24 Å². The van der Waals surface area contributed by atoms with E-state index in [2.05, 4.69) is 35.9 Å². The predicted octanol–water partition coefficient (Wildman–Crippen LogP) is 13.7. The Bertz CT molecular complexity index is 6040. The molecule has 4 heterocycles. The largest absolute Gasteiger partial charge is 0.543 e. The zero-order valence-corrected chi connectivity index (χ0v) is 79.5. The van der Waals surface area contributed by atoms with E-state index in [4.69, 9.17) is 47.9 Å². The summed E-state index contributed by atoms with van der Waals surface area (Å²) in [6, 6.07) is 56.2. The fourth-order valence-corrected chi connectivity index (χ4v) is 15.0. The number of aryl methyl sites for hydroxylation is 1. The van der Waals surface area contributed by atoms with E-state index in [9.17, 15) is 64.5 Å². The number of hydrogen-bond acceptors (Lipinski definition) is 23. The molecule has 3 N–H and O–H groups in total. The molecule has 0 unspecified atom stereocenters. The molecule has 37 heteroatoms. The number of ether oxygens (including phenoxy) is 7. The summed E-state index contributed by atoms with van der Waals surface area (Å²) in [5.74, 6) is -0.816. The number of aromatic hydroxyl groups is 2. The third kappa shape index (κ3) is 29.4. The number of carbonyl (C=O) groups excluding carboxylic acids is 6. The van der Waals surface area contributed by atoms with Gasteiger partial charge in [-0.1, -0.05) is 135 Å². The molecule has 0 bridgehead atoms. The van der Waals surface area contributed by atoms with Gasteiger partial charge in [0.15, 0.2) is 76.2 Å². The fraction of sp³-hybridized carbons (Fsp3) is 0.301. The number of sulfone groups is 2. The molecule has 0 radical (unpaired) electrons. The first-order valence-electron chi connectivity index (χ1n) is 39.9. The maximum atomic E-state index is 13.2. The number of aliphatic carboxylic acids is 1. The number of isocyanates is 1. The lowest BCUT2D eigenvalue weighted by atomic mass is 10.0. The number of benzene rings is 7. The Kier molecular flexibility index (Phi) is 40.6. The molecule has 0 fully saturated rings. The molecule has 11 rings (SSSR count). The standard InChI is InChI=1S/C23H26N2O5S.C23H24N2O5.C22H24N2O3.C15H18N2O6S.C7H16.C2H4O2.CClNO3S/c1-16-21(30-15-17-9-7-6-8-10-17)20(22(26)24(2)3)25(23(16)31(5,27)28)18-11-13-19(29-4)14-12-18;1-15-19(23(27)28)25(17-10-12-18(29-4)13-11-17)20(22(26)24(2)3)21(15)30-14-16-8-6-5-7-9-16;1-16-14-24(18-10-12-19(26-4)13-11-18)20(22(25)23(2)3)21(16)27-15-17-8-6-5-7-9-17;1-16(2)14(20)11-12(18)13(19)15(24(4,21)22)17(11)9-5-7-10(23-3)8-6-9;1-4-7(5-2)6-3;1-2(3)4;2-7(5,6)3-1-4/h6-14H,15H2,1-5H3;5-13H,14H2,1-4H3,(H,27,28);5-14H,15H2,1-4H3;5-8,18-19H,1-4H3;7H,4-6H2,1-3H3;1H3,(H,3,4);/p-1. The molecule has 33 nitrogen and oxygen atoms in total. The van der Waals surface area contributed by atoms with Gasteiger partial charge in [-0.25, -0.2) is 21.6 Å². The van der Waals surface area contributed by atoms with E-state index in [-0.39, 0.29) is 75.9 Å². The van der Waals surface area contributed by atoms with Crippen molar-refractivity contribution in [2.75, 3.05) is 97.3 Å². The Labute approximate surface area is 762 Å². The van der Waals surface area contributed by atoms with Gasteiger partial charge in [0.05, 0.1) is 40.1 Å². The summed E-state index contributed by atoms with van der Waals surface area (Å²) in [6.45, 7) is 13.9. The summed E-state index contributed by atoms with van der Waals surface area (Å²) in [7, 11) is 11.8. The number of aromatic nitrogens is 4. The Balaban J connectivity index is 0.000000289. The lowest BCUT2D eigenvalue weighted by molar-refractivity contribution is -0.255. The average Bonchev–Trinajstić information content (AvgIpc) is 1.51. The number of halogens is 1. The number of rotatable bonds is 28. The van der Waals surface area contributed by atoms with Crippen molar-refractivity contribution in [1.29, 1.82) is 0 Å². The number of hydrogen-bond donors (Lipinski definition) is 3. The molecule has 4 aromatic heterocycles. The normalized spacial score (nSPS) is 10.7. The van der Waals surface area contributed by atoms with Gasteiger partial charge in [0.2, 0.25) is 0 Å². The molecule has 0 aliphatic heterocycles. The monoisotopic (exact) mass is 1870 g/mol. The first-order chi connectivity index (χ1) is 61.2. The second kappa shape index (κ2) is 49.5. The van der Waals surface area contributed by atoms with Gasteiger partial charge < -0.3 is 87.1 Å². The number of carbonyl (C=O) groups is 6. The molecular weight excluding hydrogens is 1760 g/mol. The van der Waals surface area contributed by atoms with E-state index in [0.717, 1.165) is 69.7 Å². The Morgan fingerprint density at radius 2 is 0.723 bits per heavy atom. The topological polar surface area (TPSA) is 415 Å². The summed E-state index contributed by atoms with van der Waals surface area (Å²) in [5.41, 5.74) is 6.95. The molecule has 698 valence electrons. The number of aromatic carboxylic acids is 1. The van der Waals surface area contributed by atoms with E-state index in [1.54, 1.807) is 136 Å². The van der Waals surface area contributed by atoms with Gasteiger partial charge in [-0.05, 0) is 140 Å². The van der Waals surface area contributed by atoms with Gasteiger partial charge in [0, 0.05) is 132 Å². The van der Waals surface area contributed by atoms with Gasteiger partial charge in [0.1, 0.15) is 47.8 Å². The van der Waals surface area contributed by atoms with Gasteiger partial charge in [0.25, 0.3) is 35.7 Å². The minimum Gasteiger partial charge on any atom is -0.543 e. The lowest BCUT2D eigenvalue weighted by Crippen LogP contribution is -2.29. The Morgan fingerprint density at radius 1 is 0.431 bits per heavy atom. The molecule has 7 aromatic carbocycles. The molecular formula is C93H111ClN9O24S3-. The van der Waals surface area contributed by atoms with Gasteiger partial charge in [-0.15, -0.1) is 0 Å². The third-order valence-electron chi connectivity index (χ3n) is 19.1. The summed E-state index contributed by atoms with van der Waals surface area (Å²) >= 11 is 0. The average molecular weight is 1870 g/mol. The van der Waals surface area contributed by atoms with Crippen molar-refractivity contribution in [2.45, 2.75) is 97.6 Å². The van der Waals surface area contributed by atoms with Crippen molar-refractivity contribution >= 4 is 81.2 Å². The highest BCUT2D eigenvalue weighted by atomic mass is 35.7. The minimum atomic E-state index is -4.00. The number of carboxylic acid groups (broad SMARTS) is 2. The van der Waals surface area contributed by atoms with Crippen LogP contribution in [-0.4, -0.2) is 217 Å². The lowest BCUT2D eigenvalue weighted by Gasteiger charge is -2.17. The molecule has 130 heavy (non-hydrogen) atoms. The Morgan fingerprint density at radius 3 is 1.01 bits per heavy atom. The molecule has 0 saturated heterocycles. The minimum absolute atomic E-state index is 0.0194. The van der Waals surface area contributed by atoms with Crippen LogP contribution in [0.5, 0.6) is 51.7 Å². The van der Waals surface area contributed by atoms with Crippen molar-refractivity contribution in [3.63, 3.8) is 0 Å². The van der Waals surface area contributed by atoms with Gasteiger partial charge in [-0.2, -0.15) is 8.42 Å². The summed E-state index contributed by atoms with van der Waals surface area (Å²) in [4.78, 5) is 87.2. The van der Waals surface area contributed by atoms with Crippen molar-refractivity contribution < 1.29 is 112 Å². The predicted molar refractivity (Wildman–Crippen MR) is 492 cm³/mol. The first-order valence-corrected chi connectivity index (χ1v) is 46.0. The third-order valence-corrected chi connectivity index (χ3v) is 21.9. The van der Waals surface area contributed by atoms with E-state index in [0.29, 0.717) is 57.8 Å². The number of nitrogens with zero attached hydrogens (tertiary/aromatic N) is 9. The maximum Gasteiger partial charge on any atom is 0.350 e. The quantitative estimate of drug-likeness (QED) is 0.0233. The van der Waals surface area contributed by atoms with Crippen LogP contribution in [0.15, 0.2) is 209 Å². The second-order valence-electron chi connectivity index (χ2n) is 29.4. The Hall–Kier alpha value is -13.8. The molecule has 0 saturated carbocycles. The van der Waals surface area contributed by atoms with E-state index < -0.39 is 63.3 Å². The van der Waals surface area contributed by atoms with Crippen molar-refractivity contribution in [3.8, 4) is 74.5 Å². The maximum absolute atomic E-state index is 13.2. The van der Waals surface area contributed by atoms with E-state index in [1.165, 1.54) is 83.5 Å². The highest BCUT2D eigenvalue weighted by Gasteiger charge is 2.36. The molecule has 0 aliphatic carbocycles. The summed E-state index contributed by atoms with van der Waals surface area (Å²) in [5, 5.41) is 39.1. The van der Waals surface area contributed by atoms with Crippen LogP contribution >= 0.6 is 10.7 Å². The fourth-order valence-electron chi connectivity index (χ4n) is 12.6. The first kappa shape index (κ1) is 107. The van der Waals surface area contributed by atoms with Crippen LogP contribution in [-0.2, 0) is 58.3 Å². The van der Waals surface area contributed by atoms with E-state index >= 15 is 0 Å². The zero-order valence-electron chi connectivity index (χ0n) is 76.3. The smallest absolute Gasteiger partial charge is 0.350 e. The summed E-state index contributed by atoms with van der Waals surface area (Å²) in [6.07, 6.45) is 8.76. The van der Waals surface area contributed by atoms with Gasteiger partial charge in [-0.3, -0.25) is 33.1 Å². The molecule has 0 atom stereocenters. The van der Waals surface area contributed by atoms with Crippen molar-refractivity contribution in [3.05, 3.63) is 256 Å². The molecule has 11 aromatic rings. The number of amides is 4. The molecule has 0 aliphatic rings. The zero-order chi connectivity index (χ0) is 97.4. The number of methoxy groups -OCH3 is 4. The van der Waals surface area contributed by atoms with Crippen LogP contribution in [0.2, 0.25) is 0 Å². The van der Waals surface area contributed by atoms with E-state index in [1.807, 2.05) is 133 Å². The SMILES string of the molecule is CC(=O)O.CCC(CC)CC.COc1ccc(-n2c(C(=O)N(C)C)c(O)c(O)c2S(C)(=O)=O)cc1.COc1ccc(-n2c(C(=O)N(C)C)c(OCc3ccccc3)c(C)c2S(C)(=O)=O)cc1.COc1ccc(-n2c(C(=O)[O-])c(C)c(OCc3ccccc3)c2C(=O)N(C)C)cc1.COc1ccc(-n2cc(C)c(OCc3ccccc3)c2C(=O)N(C)C)cc1.O=C=NS(=O)(=O)Cl. The van der Waals surface area contributed by atoms with Crippen molar-refractivity contribution in [1.82, 2.24) is 37.9 Å².